The van der Waals surface area contributed by atoms with Crippen molar-refractivity contribution in [1.82, 2.24) is 0 Å². The molecular weight excluding hydrogens is 442 g/mol. The number of nitrogens with two attached hydrogens (primary N) is 5. The number of primary amides is 2. The van der Waals surface area contributed by atoms with E-state index in [-0.39, 0.29) is 37.9 Å². The zero-order valence-corrected chi connectivity index (χ0v) is 17.8. The Morgan fingerprint density at radius 3 is 1.27 bits per heavy atom. The van der Waals surface area contributed by atoms with E-state index in [1.54, 1.807) is 12.1 Å². The Hall–Kier alpha value is -3.75. The van der Waals surface area contributed by atoms with Gasteiger partial charge in [0.15, 0.2) is 0 Å². The van der Waals surface area contributed by atoms with Crippen LogP contribution in [-0.4, -0.2) is 68.3 Å². The molecule has 14 N–H and O–H groups in total. The number of carboxylic acids is 3. The molecule has 0 saturated carbocycles. The van der Waals surface area contributed by atoms with Crippen molar-refractivity contribution in [3.63, 3.8) is 0 Å². The van der Waals surface area contributed by atoms with E-state index >= 15 is 0 Å². The van der Waals surface area contributed by atoms with Crippen molar-refractivity contribution in [2.75, 3.05) is 0 Å². The lowest BCUT2D eigenvalue weighted by Crippen LogP contribution is -2.32. The maximum absolute atomic E-state index is 10.4. The van der Waals surface area contributed by atoms with Crippen molar-refractivity contribution >= 4 is 29.7 Å². The van der Waals surface area contributed by atoms with Crippen LogP contribution in [0.25, 0.3) is 0 Å². The summed E-state index contributed by atoms with van der Waals surface area (Å²) in [6.45, 7) is 0. The number of benzene rings is 1. The van der Waals surface area contributed by atoms with Gasteiger partial charge in [-0.25, -0.2) is 0 Å². The highest BCUT2D eigenvalue weighted by molar-refractivity contribution is 5.77. The van der Waals surface area contributed by atoms with Crippen molar-refractivity contribution in [2.45, 2.75) is 50.2 Å². The van der Waals surface area contributed by atoms with Gasteiger partial charge in [-0.2, -0.15) is 0 Å². The highest BCUT2D eigenvalue weighted by Crippen LogP contribution is 2.10. The van der Waals surface area contributed by atoms with Gasteiger partial charge >= 0.3 is 17.9 Å². The summed E-state index contributed by atoms with van der Waals surface area (Å²) in [6, 6.07) is 3.47. The molecule has 14 heteroatoms. The molecule has 14 nitrogen and oxygen atoms in total. The monoisotopic (exact) mass is 473 g/mol. The van der Waals surface area contributed by atoms with Gasteiger partial charge < -0.3 is 49.1 Å². The number of carbonyl (C=O) groups excluding carboxylic acids is 2. The first-order valence-electron chi connectivity index (χ1n) is 9.47. The Kier molecular flexibility index (Phi) is 16.1. The fourth-order valence-corrected chi connectivity index (χ4v) is 1.82. The minimum Gasteiger partial charge on any atom is -0.508 e. The van der Waals surface area contributed by atoms with Gasteiger partial charge in [-0.3, -0.25) is 24.0 Å². The lowest BCUT2D eigenvalue weighted by Gasteiger charge is -2.05. The van der Waals surface area contributed by atoms with Crippen molar-refractivity contribution in [3.8, 4) is 5.75 Å². The Morgan fingerprint density at radius 1 is 0.667 bits per heavy atom. The number of carboxylic acid groups (broad SMARTS) is 3. The first kappa shape index (κ1) is 31.4. The van der Waals surface area contributed by atoms with Crippen LogP contribution >= 0.6 is 0 Å². The Balaban J connectivity index is 0. The van der Waals surface area contributed by atoms with Crippen LogP contribution in [0.2, 0.25) is 0 Å². The van der Waals surface area contributed by atoms with Gasteiger partial charge in [0.25, 0.3) is 0 Å². The number of rotatable bonds is 11. The molecule has 0 spiro atoms. The molecule has 0 fully saturated rings. The van der Waals surface area contributed by atoms with Gasteiger partial charge in [0, 0.05) is 12.8 Å². The van der Waals surface area contributed by atoms with E-state index in [1.807, 2.05) is 0 Å². The van der Waals surface area contributed by atoms with Gasteiger partial charge in [0.05, 0.1) is 0 Å². The minimum absolute atomic E-state index is 0.0213. The van der Waals surface area contributed by atoms with Crippen LogP contribution in [0.1, 0.15) is 31.2 Å². The molecule has 0 saturated heterocycles. The van der Waals surface area contributed by atoms with Crippen LogP contribution in [-0.2, 0) is 30.4 Å². The van der Waals surface area contributed by atoms with Crippen LogP contribution in [0.4, 0.5) is 0 Å². The molecule has 0 aliphatic rings. The average molecular weight is 473 g/mol. The molecule has 1 aromatic carbocycles. The molecular formula is C19H31N5O9. The van der Waals surface area contributed by atoms with Crippen LogP contribution in [0, 0.1) is 0 Å². The van der Waals surface area contributed by atoms with Crippen LogP contribution < -0.4 is 28.7 Å². The largest absolute Gasteiger partial charge is 0.508 e. The molecule has 1 aromatic rings. The van der Waals surface area contributed by atoms with Gasteiger partial charge in [-0.15, -0.1) is 0 Å². The summed E-state index contributed by atoms with van der Waals surface area (Å²) in [4.78, 5) is 50.7. The van der Waals surface area contributed by atoms with Crippen molar-refractivity contribution in [1.29, 1.82) is 0 Å². The lowest BCUT2D eigenvalue weighted by molar-refractivity contribution is -0.139. The third-order valence-electron chi connectivity index (χ3n) is 3.75. The van der Waals surface area contributed by atoms with Crippen LogP contribution in [0.5, 0.6) is 5.75 Å². The third-order valence-corrected chi connectivity index (χ3v) is 3.75. The molecule has 186 valence electrons. The summed E-state index contributed by atoms with van der Waals surface area (Å²) in [5.74, 6) is -4.14. The maximum atomic E-state index is 10.4. The number of aromatic hydroxyl groups is 1. The molecule has 0 bridgehead atoms. The summed E-state index contributed by atoms with van der Waals surface area (Å²) < 4.78 is 0. The molecule has 33 heavy (non-hydrogen) atoms. The van der Waals surface area contributed by atoms with E-state index in [2.05, 4.69) is 0 Å². The smallest absolute Gasteiger partial charge is 0.320 e. The van der Waals surface area contributed by atoms with Crippen molar-refractivity contribution in [2.24, 2.45) is 28.7 Å². The summed E-state index contributed by atoms with van der Waals surface area (Å²) in [6.07, 6.45) is 0.520. The van der Waals surface area contributed by atoms with Gasteiger partial charge in [0.2, 0.25) is 11.8 Å². The standard InChI is InChI=1S/C9H11NO3.2C5H10N2O3/c10-8(9(12)13)5-6-1-3-7(11)4-2-6;2*6-3(5(9)10)1-2-4(7)8/h1-4,8,11H,5,10H2,(H,12,13);2*3H,1-2,6H2,(H2,7,8)(H,9,10)/t8-;2*3-/m000/s1. The molecule has 3 atom stereocenters. The second kappa shape index (κ2) is 16.9. The average Bonchev–Trinajstić information content (AvgIpc) is 2.72. The first-order valence-corrected chi connectivity index (χ1v) is 9.47. The number of carbonyl (C=O) groups is 5. The number of hydrogen-bond acceptors (Lipinski definition) is 9. The van der Waals surface area contributed by atoms with Gasteiger partial charge in [-0.05, 0) is 37.0 Å². The van der Waals surface area contributed by atoms with Crippen LogP contribution in [0.3, 0.4) is 0 Å². The highest BCUT2D eigenvalue weighted by Gasteiger charge is 2.12. The normalized spacial score (nSPS) is 12.5. The highest BCUT2D eigenvalue weighted by atomic mass is 16.4. The first-order chi connectivity index (χ1) is 15.2. The molecule has 0 heterocycles. The van der Waals surface area contributed by atoms with E-state index < -0.39 is 47.8 Å². The van der Waals surface area contributed by atoms with Crippen molar-refractivity contribution < 1.29 is 44.4 Å². The predicted molar refractivity (Wildman–Crippen MR) is 116 cm³/mol. The van der Waals surface area contributed by atoms with E-state index in [9.17, 15) is 24.0 Å². The van der Waals surface area contributed by atoms with E-state index in [1.165, 1.54) is 12.1 Å². The lowest BCUT2D eigenvalue weighted by atomic mass is 10.1. The summed E-state index contributed by atoms with van der Waals surface area (Å²) >= 11 is 0. The molecule has 0 unspecified atom stereocenters. The zero-order valence-electron chi connectivity index (χ0n) is 17.8. The second-order valence-corrected chi connectivity index (χ2v) is 6.71. The minimum atomic E-state index is -1.11. The Bertz CT molecular complexity index is 752. The number of hydrogen-bond donors (Lipinski definition) is 9. The summed E-state index contributed by atoms with van der Waals surface area (Å²) in [7, 11) is 0. The Labute approximate surface area is 189 Å². The van der Waals surface area contributed by atoms with Crippen molar-refractivity contribution in [3.05, 3.63) is 29.8 Å². The molecule has 2 amide bonds. The van der Waals surface area contributed by atoms with Crippen LogP contribution in [0.15, 0.2) is 24.3 Å². The summed E-state index contributed by atoms with van der Waals surface area (Å²) in [5.41, 5.74) is 25.7. The van der Waals surface area contributed by atoms with Gasteiger partial charge in [0.1, 0.15) is 23.9 Å². The number of phenols is 1. The zero-order chi connectivity index (χ0) is 26.1. The fourth-order valence-electron chi connectivity index (χ4n) is 1.82. The maximum Gasteiger partial charge on any atom is 0.320 e. The predicted octanol–water partition coefficient (Wildman–Crippen LogP) is -2.33. The fraction of sp³-hybridized carbons (Fsp3) is 0.421. The molecule has 1 rings (SSSR count). The van der Waals surface area contributed by atoms with Gasteiger partial charge in [-0.1, -0.05) is 12.1 Å². The SMILES string of the molecule is NC(=O)CC[C@H](N)C(=O)O.NC(=O)CC[C@H](N)C(=O)O.N[C@@H](Cc1ccc(O)cc1)C(=O)O. The molecule has 0 aromatic heterocycles. The number of aliphatic carboxylic acids is 3. The quantitative estimate of drug-likeness (QED) is 0.163. The topological polar surface area (TPSA) is 296 Å². The van der Waals surface area contributed by atoms with E-state index in [0.717, 1.165) is 5.56 Å². The Morgan fingerprint density at radius 2 is 1.00 bits per heavy atom. The number of phenolic OH excluding ortho intramolecular Hbond substituents is 1. The molecule has 0 radical (unpaired) electrons. The molecule has 0 aliphatic heterocycles. The second-order valence-electron chi connectivity index (χ2n) is 6.71. The summed E-state index contributed by atoms with van der Waals surface area (Å²) in [5, 5.41) is 33.9. The molecule has 0 aliphatic carbocycles. The van der Waals surface area contributed by atoms with E-state index in [4.69, 9.17) is 49.1 Å². The van der Waals surface area contributed by atoms with E-state index in [0.29, 0.717) is 0 Å². The third kappa shape index (κ3) is 18.7. The number of amides is 2.